The molecule has 0 atom stereocenters. The van der Waals surface area contributed by atoms with E-state index < -0.39 is 0 Å². The molecule has 0 unspecified atom stereocenters. The van der Waals surface area contributed by atoms with Crippen molar-refractivity contribution in [3.05, 3.63) is 10.5 Å². The Morgan fingerprint density at radius 3 is 2.80 bits per heavy atom. The van der Waals surface area contributed by atoms with Gasteiger partial charge in [-0.2, -0.15) is 0 Å². The van der Waals surface area contributed by atoms with Crippen LogP contribution < -0.4 is 5.32 Å². The summed E-state index contributed by atoms with van der Waals surface area (Å²) in [6, 6.07) is 0. The van der Waals surface area contributed by atoms with E-state index >= 15 is 0 Å². The Labute approximate surface area is 98.5 Å². The van der Waals surface area contributed by atoms with Crippen molar-refractivity contribution in [2.75, 3.05) is 11.9 Å². The molecule has 3 nitrogen and oxygen atoms in total. The van der Waals surface area contributed by atoms with Crippen LogP contribution in [0.3, 0.4) is 0 Å². The Balaban J connectivity index is 1.74. The lowest BCUT2D eigenvalue weighted by Crippen LogP contribution is -2.23. The Morgan fingerprint density at radius 2 is 2.20 bits per heavy atom. The monoisotopic (exact) mass is 246 g/mol. The second-order valence-electron chi connectivity index (χ2n) is 4.03. The van der Waals surface area contributed by atoms with Crippen LogP contribution in [0, 0.1) is 5.92 Å². The van der Waals surface area contributed by atoms with Crippen LogP contribution in [0.4, 0.5) is 5.13 Å². The predicted octanol–water partition coefficient (Wildman–Crippen LogP) is 2.76. The molecule has 84 valence electrons. The van der Waals surface area contributed by atoms with E-state index in [1.165, 1.54) is 11.3 Å². The Bertz CT molecular complexity index is 310. The highest BCUT2D eigenvalue weighted by molar-refractivity contribution is 7.14. The van der Waals surface area contributed by atoms with Gasteiger partial charge in [-0.3, -0.25) is 0 Å². The molecule has 0 spiro atoms. The Hall–Kier alpha value is -0.320. The summed E-state index contributed by atoms with van der Waals surface area (Å²) in [5.41, 5.74) is 0. The zero-order valence-electron chi connectivity index (χ0n) is 8.45. The van der Waals surface area contributed by atoms with Crippen LogP contribution in [0.25, 0.3) is 0 Å². The SMILES string of the molecule is OC1CCC(CNc2nc(Cl)cs2)CC1. The van der Waals surface area contributed by atoms with Gasteiger partial charge >= 0.3 is 0 Å². The number of hydrogen-bond donors (Lipinski definition) is 2. The number of hydrogen-bond acceptors (Lipinski definition) is 4. The van der Waals surface area contributed by atoms with Gasteiger partial charge < -0.3 is 10.4 Å². The highest BCUT2D eigenvalue weighted by Crippen LogP contribution is 2.25. The molecule has 0 saturated heterocycles. The van der Waals surface area contributed by atoms with E-state index in [1.807, 2.05) is 5.38 Å². The lowest BCUT2D eigenvalue weighted by atomic mass is 9.87. The average molecular weight is 247 g/mol. The summed E-state index contributed by atoms with van der Waals surface area (Å²) in [5.74, 6) is 0.663. The van der Waals surface area contributed by atoms with Gasteiger partial charge in [-0.05, 0) is 31.6 Å². The maximum Gasteiger partial charge on any atom is 0.184 e. The molecule has 2 rings (SSSR count). The molecule has 0 aromatic carbocycles. The molecule has 5 heteroatoms. The second-order valence-corrected chi connectivity index (χ2v) is 5.28. The highest BCUT2D eigenvalue weighted by Gasteiger charge is 2.19. The third-order valence-corrected chi connectivity index (χ3v) is 3.96. The number of aromatic nitrogens is 1. The fraction of sp³-hybridized carbons (Fsp3) is 0.700. The molecule has 0 radical (unpaired) electrons. The number of rotatable bonds is 3. The van der Waals surface area contributed by atoms with Crippen molar-refractivity contribution in [2.45, 2.75) is 31.8 Å². The molecule has 1 aromatic heterocycles. The summed E-state index contributed by atoms with van der Waals surface area (Å²) in [6.45, 7) is 0.941. The van der Waals surface area contributed by atoms with Crippen molar-refractivity contribution in [2.24, 2.45) is 5.92 Å². The van der Waals surface area contributed by atoms with Crippen LogP contribution in [0.1, 0.15) is 25.7 Å². The number of halogens is 1. The first-order chi connectivity index (χ1) is 7.24. The van der Waals surface area contributed by atoms with Gasteiger partial charge in [-0.1, -0.05) is 11.6 Å². The molecule has 0 bridgehead atoms. The fourth-order valence-corrected chi connectivity index (χ4v) is 2.76. The van der Waals surface area contributed by atoms with Crippen molar-refractivity contribution in [1.29, 1.82) is 0 Å². The van der Waals surface area contributed by atoms with Gasteiger partial charge in [0.05, 0.1) is 6.10 Å². The first-order valence-electron chi connectivity index (χ1n) is 5.27. The van der Waals surface area contributed by atoms with E-state index in [1.54, 1.807) is 0 Å². The van der Waals surface area contributed by atoms with E-state index in [9.17, 15) is 5.11 Å². The van der Waals surface area contributed by atoms with Crippen LogP contribution in [-0.4, -0.2) is 22.7 Å². The standard InChI is InChI=1S/C10H15ClN2OS/c11-9-6-15-10(13-9)12-5-7-1-3-8(14)4-2-7/h6-8,14H,1-5H2,(H,12,13). The number of aliphatic hydroxyl groups is 1. The minimum Gasteiger partial charge on any atom is -0.393 e. The molecule has 1 saturated carbocycles. The zero-order valence-corrected chi connectivity index (χ0v) is 10.0. The lowest BCUT2D eigenvalue weighted by molar-refractivity contribution is 0.111. The number of nitrogens with zero attached hydrogens (tertiary/aromatic N) is 1. The largest absolute Gasteiger partial charge is 0.393 e. The number of nitrogens with one attached hydrogen (secondary N) is 1. The Kier molecular flexibility index (Phi) is 3.83. The van der Waals surface area contributed by atoms with Crippen LogP contribution in [0.15, 0.2) is 5.38 Å². The van der Waals surface area contributed by atoms with E-state index in [-0.39, 0.29) is 6.10 Å². The summed E-state index contributed by atoms with van der Waals surface area (Å²) < 4.78 is 0. The van der Waals surface area contributed by atoms with Crippen molar-refractivity contribution >= 4 is 28.1 Å². The quantitative estimate of drug-likeness (QED) is 0.862. The van der Waals surface area contributed by atoms with Gasteiger partial charge in [0, 0.05) is 11.9 Å². The first kappa shape index (κ1) is 11.2. The van der Waals surface area contributed by atoms with Crippen molar-refractivity contribution < 1.29 is 5.11 Å². The van der Waals surface area contributed by atoms with Gasteiger partial charge in [-0.25, -0.2) is 4.98 Å². The Morgan fingerprint density at radius 1 is 1.47 bits per heavy atom. The second kappa shape index (κ2) is 5.14. The lowest BCUT2D eigenvalue weighted by Gasteiger charge is -2.25. The first-order valence-corrected chi connectivity index (χ1v) is 6.53. The van der Waals surface area contributed by atoms with E-state index in [2.05, 4.69) is 10.3 Å². The van der Waals surface area contributed by atoms with Crippen LogP contribution in [0.5, 0.6) is 0 Å². The van der Waals surface area contributed by atoms with Gasteiger partial charge in [0.1, 0.15) is 5.15 Å². The third-order valence-electron chi connectivity index (χ3n) is 2.83. The van der Waals surface area contributed by atoms with Gasteiger partial charge in [0.2, 0.25) is 0 Å². The van der Waals surface area contributed by atoms with Crippen molar-refractivity contribution in [3.63, 3.8) is 0 Å². The van der Waals surface area contributed by atoms with E-state index in [0.29, 0.717) is 11.1 Å². The fourth-order valence-electron chi connectivity index (χ4n) is 1.92. The molecule has 1 aliphatic carbocycles. The molecular weight excluding hydrogens is 232 g/mol. The molecule has 1 heterocycles. The predicted molar refractivity (Wildman–Crippen MR) is 63.6 cm³/mol. The molecule has 1 aromatic rings. The third kappa shape index (κ3) is 3.33. The van der Waals surface area contributed by atoms with Crippen LogP contribution in [0.2, 0.25) is 5.15 Å². The number of anilines is 1. The molecule has 1 fully saturated rings. The minimum atomic E-state index is -0.0736. The minimum absolute atomic E-state index is 0.0736. The van der Waals surface area contributed by atoms with E-state index in [0.717, 1.165) is 37.4 Å². The van der Waals surface area contributed by atoms with Gasteiger partial charge in [-0.15, -0.1) is 11.3 Å². The summed E-state index contributed by atoms with van der Waals surface area (Å²) in [7, 11) is 0. The number of thiazole rings is 1. The summed E-state index contributed by atoms with van der Waals surface area (Å²) in [6.07, 6.45) is 4.01. The van der Waals surface area contributed by atoms with E-state index in [4.69, 9.17) is 11.6 Å². The average Bonchev–Trinajstić information content (AvgIpc) is 2.64. The normalized spacial score (nSPS) is 26.5. The molecule has 1 aliphatic rings. The zero-order chi connectivity index (χ0) is 10.7. The van der Waals surface area contributed by atoms with Gasteiger partial charge in [0.25, 0.3) is 0 Å². The summed E-state index contributed by atoms with van der Waals surface area (Å²) in [5, 5.41) is 15.9. The molecular formula is C10H15ClN2OS. The molecule has 0 aliphatic heterocycles. The van der Waals surface area contributed by atoms with Crippen molar-refractivity contribution in [1.82, 2.24) is 4.98 Å². The molecule has 2 N–H and O–H groups in total. The smallest absolute Gasteiger partial charge is 0.184 e. The molecule has 15 heavy (non-hydrogen) atoms. The highest BCUT2D eigenvalue weighted by atomic mass is 35.5. The maximum atomic E-state index is 9.37. The van der Waals surface area contributed by atoms with Crippen molar-refractivity contribution in [3.8, 4) is 0 Å². The van der Waals surface area contributed by atoms with Gasteiger partial charge in [0.15, 0.2) is 5.13 Å². The summed E-state index contributed by atoms with van der Waals surface area (Å²) in [4.78, 5) is 4.13. The topological polar surface area (TPSA) is 45.1 Å². The van der Waals surface area contributed by atoms with Crippen LogP contribution >= 0.6 is 22.9 Å². The molecule has 0 amide bonds. The van der Waals surface area contributed by atoms with Crippen LogP contribution in [-0.2, 0) is 0 Å². The summed E-state index contributed by atoms with van der Waals surface area (Å²) >= 11 is 7.26. The number of aliphatic hydroxyl groups excluding tert-OH is 1. The maximum absolute atomic E-state index is 9.37.